The molecule has 2 fully saturated rings. The molecular weight excluding hydrogens is 380 g/mol. The lowest BCUT2D eigenvalue weighted by molar-refractivity contribution is -0.135. The summed E-state index contributed by atoms with van der Waals surface area (Å²) in [6, 6.07) is 5.29. The Balaban J connectivity index is 1.65. The minimum absolute atomic E-state index is 0.203. The van der Waals surface area contributed by atoms with Crippen molar-refractivity contribution in [1.29, 1.82) is 0 Å². The van der Waals surface area contributed by atoms with Crippen LogP contribution in [0.4, 0.5) is 0 Å². The van der Waals surface area contributed by atoms with E-state index in [1.165, 1.54) is 26.4 Å². The number of phenolic OH excluding ortho intramolecular Hbond substituents is 1. The summed E-state index contributed by atoms with van der Waals surface area (Å²) < 4.78 is 4.51. The Bertz CT molecular complexity index is 844. The Morgan fingerprint density at radius 3 is 2.89 bits per heavy atom. The van der Waals surface area contributed by atoms with Crippen LogP contribution >= 0.6 is 11.8 Å². The number of likely N-dealkylation sites (tertiary alicyclic amines) is 1. The molecule has 1 aromatic carbocycles. The largest absolute Gasteiger partial charge is 0.508 e. The number of amidine groups is 1. The number of nitrogens with zero attached hydrogens (tertiary/aromatic N) is 3. The molecule has 2 aliphatic heterocycles. The van der Waals surface area contributed by atoms with E-state index in [2.05, 4.69) is 25.2 Å². The number of amides is 1. The minimum atomic E-state index is -0.604. The van der Waals surface area contributed by atoms with E-state index < -0.39 is 11.9 Å². The quantitative estimate of drug-likeness (QED) is 0.338. The van der Waals surface area contributed by atoms with Gasteiger partial charge < -0.3 is 9.84 Å². The van der Waals surface area contributed by atoms with Crippen molar-refractivity contribution >= 4 is 35.0 Å². The predicted octanol–water partition coefficient (Wildman–Crippen LogP) is 1.99. The number of esters is 1. The molecule has 2 N–H and O–H groups in total. The van der Waals surface area contributed by atoms with E-state index in [0.29, 0.717) is 6.54 Å². The molecule has 0 unspecified atom stereocenters. The zero-order chi connectivity index (χ0) is 19.9. The van der Waals surface area contributed by atoms with Gasteiger partial charge in [-0.1, -0.05) is 6.42 Å². The molecule has 2 saturated heterocycles. The van der Waals surface area contributed by atoms with Gasteiger partial charge in [-0.2, -0.15) is 5.10 Å². The van der Waals surface area contributed by atoms with Crippen LogP contribution in [-0.4, -0.2) is 53.5 Å². The van der Waals surface area contributed by atoms with E-state index in [0.717, 1.165) is 42.1 Å². The number of hydrogen-bond donors (Lipinski definition) is 2. The van der Waals surface area contributed by atoms with Gasteiger partial charge in [0, 0.05) is 18.2 Å². The molecule has 1 aromatic rings. The molecule has 8 nitrogen and oxygen atoms in total. The molecule has 0 aromatic heterocycles. The second-order valence-electron chi connectivity index (χ2n) is 6.46. The molecule has 0 radical (unpaired) electrons. The Morgan fingerprint density at radius 2 is 2.14 bits per heavy atom. The fraction of sp³-hybridized carbons (Fsp3) is 0.368. The molecule has 0 aliphatic carbocycles. The molecule has 0 spiro atoms. The molecule has 0 bridgehead atoms. The number of rotatable bonds is 5. The number of aromatic hydroxyl groups is 1. The van der Waals surface area contributed by atoms with Crippen molar-refractivity contribution in [2.75, 3.05) is 20.2 Å². The molecule has 2 heterocycles. The van der Waals surface area contributed by atoms with Crippen LogP contribution < -0.4 is 5.32 Å². The second-order valence-corrected chi connectivity index (χ2v) is 7.49. The van der Waals surface area contributed by atoms with E-state index in [1.807, 2.05) is 6.07 Å². The van der Waals surface area contributed by atoms with Crippen molar-refractivity contribution in [2.45, 2.75) is 25.8 Å². The number of nitrogens with one attached hydrogen (secondary N) is 1. The maximum Gasteiger partial charge on any atom is 0.331 e. The Kier molecular flexibility index (Phi) is 6.83. The fourth-order valence-electron chi connectivity index (χ4n) is 2.96. The van der Waals surface area contributed by atoms with Crippen LogP contribution in [0.3, 0.4) is 0 Å². The number of phenols is 1. The lowest BCUT2D eigenvalue weighted by Crippen LogP contribution is -2.29. The summed E-state index contributed by atoms with van der Waals surface area (Å²) in [7, 11) is 1.24. The van der Waals surface area contributed by atoms with Crippen LogP contribution in [0, 0.1) is 0 Å². The van der Waals surface area contributed by atoms with Gasteiger partial charge in [-0.3, -0.25) is 15.0 Å². The highest BCUT2D eigenvalue weighted by Crippen LogP contribution is 2.24. The van der Waals surface area contributed by atoms with Gasteiger partial charge in [0.15, 0.2) is 5.17 Å². The first kappa shape index (κ1) is 20.1. The lowest BCUT2D eigenvalue weighted by atomic mass is 10.1. The Morgan fingerprint density at radius 1 is 1.36 bits per heavy atom. The van der Waals surface area contributed by atoms with Crippen molar-refractivity contribution in [3.63, 3.8) is 0 Å². The molecule has 1 amide bonds. The van der Waals surface area contributed by atoms with Crippen molar-refractivity contribution in [3.8, 4) is 5.75 Å². The van der Waals surface area contributed by atoms with Crippen LogP contribution in [0.15, 0.2) is 39.4 Å². The highest BCUT2D eigenvalue weighted by Gasteiger charge is 2.25. The highest BCUT2D eigenvalue weighted by atomic mass is 32.2. The van der Waals surface area contributed by atoms with Gasteiger partial charge >= 0.3 is 5.97 Å². The number of benzene rings is 1. The SMILES string of the molecule is COC(=O)/C=C1/S/C(=N\N=Cc2ccc(O)c(CN3CCCCC3)c2)NC1=O. The molecule has 9 heteroatoms. The number of piperidine rings is 1. The van der Waals surface area contributed by atoms with Crippen LogP contribution in [-0.2, 0) is 20.9 Å². The highest BCUT2D eigenvalue weighted by molar-refractivity contribution is 8.18. The predicted molar refractivity (Wildman–Crippen MR) is 108 cm³/mol. The molecule has 28 heavy (non-hydrogen) atoms. The summed E-state index contributed by atoms with van der Waals surface area (Å²) in [4.78, 5) is 25.5. The average molecular weight is 402 g/mol. The topological polar surface area (TPSA) is 104 Å². The van der Waals surface area contributed by atoms with Gasteiger partial charge in [0.05, 0.1) is 18.2 Å². The maximum atomic E-state index is 11.8. The van der Waals surface area contributed by atoms with Crippen LogP contribution in [0.2, 0.25) is 0 Å². The van der Waals surface area contributed by atoms with Gasteiger partial charge in [0.1, 0.15) is 5.75 Å². The van der Waals surface area contributed by atoms with Crippen molar-refractivity contribution < 1.29 is 19.4 Å². The minimum Gasteiger partial charge on any atom is -0.508 e. The average Bonchev–Trinajstić information content (AvgIpc) is 3.04. The van der Waals surface area contributed by atoms with Crippen LogP contribution in [0.25, 0.3) is 0 Å². The van der Waals surface area contributed by atoms with Crippen LogP contribution in [0.1, 0.15) is 30.4 Å². The fourth-order valence-corrected chi connectivity index (χ4v) is 3.70. The van der Waals surface area contributed by atoms with E-state index in [9.17, 15) is 14.7 Å². The van der Waals surface area contributed by atoms with E-state index in [-0.39, 0.29) is 15.8 Å². The lowest BCUT2D eigenvalue weighted by Gasteiger charge is -2.26. The molecule has 2 aliphatic rings. The zero-order valence-electron chi connectivity index (χ0n) is 15.6. The summed E-state index contributed by atoms with van der Waals surface area (Å²) in [6.45, 7) is 2.79. The van der Waals surface area contributed by atoms with Gasteiger partial charge in [-0.15, -0.1) is 5.10 Å². The van der Waals surface area contributed by atoms with Crippen LogP contribution in [0.5, 0.6) is 5.75 Å². The third-order valence-electron chi connectivity index (χ3n) is 4.40. The van der Waals surface area contributed by atoms with E-state index in [4.69, 9.17) is 0 Å². The van der Waals surface area contributed by atoms with Gasteiger partial charge in [-0.25, -0.2) is 4.79 Å². The van der Waals surface area contributed by atoms with E-state index >= 15 is 0 Å². The molecule has 0 atom stereocenters. The summed E-state index contributed by atoms with van der Waals surface area (Å²) in [5.41, 5.74) is 1.65. The third kappa shape index (κ3) is 5.43. The molecule has 148 valence electrons. The van der Waals surface area contributed by atoms with Gasteiger partial charge in [0.25, 0.3) is 5.91 Å². The maximum absolute atomic E-state index is 11.8. The zero-order valence-corrected chi connectivity index (χ0v) is 16.4. The number of carbonyl (C=O) groups excluding carboxylic acids is 2. The first-order valence-corrected chi connectivity index (χ1v) is 9.81. The van der Waals surface area contributed by atoms with Gasteiger partial charge in [0.2, 0.25) is 0 Å². The number of carbonyl (C=O) groups is 2. The molecular formula is C19H22N4O4S. The number of methoxy groups -OCH3 is 1. The number of ether oxygens (including phenoxy) is 1. The summed E-state index contributed by atoms with van der Waals surface area (Å²) >= 11 is 1.02. The normalized spacial score (nSPS) is 20.8. The molecule has 0 saturated carbocycles. The Labute approximate surface area is 167 Å². The number of thioether (sulfide) groups is 1. The third-order valence-corrected chi connectivity index (χ3v) is 5.30. The summed E-state index contributed by atoms with van der Waals surface area (Å²) in [5, 5.41) is 20.9. The molecule has 3 rings (SSSR count). The summed E-state index contributed by atoms with van der Waals surface area (Å²) in [5.74, 6) is -0.754. The number of hydrogen-bond acceptors (Lipinski definition) is 8. The van der Waals surface area contributed by atoms with E-state index in [1.54, 1.807) is 18.3 Å². The standard InChI is InChI=1S/C19H22N4O4S/c1-27-17(25)10-16-18(26)21-19(28-16)22-20-11-13-5-6-15(24)14(9-13)12-23-7-3-2-4-8-23/h5-6,9-11,24H,2-4,7-8,12H2,1H3,(H,21,22,26)/b16-10+,20-11?. The smallest absolute Gasteiger partial charge is 0.331 e. The second kappa shape index (κ2) is 9.52. The Hall–Kier alpha value is -2.65. The van der Waals surface area contributed by atoms with Crippen molar-refractivity contribution in [3.05, 3.63) is 40.3 Å². The first-order chi connectivity index (χ1) is 13.5. The monoisotopic (exact) mass is 402 g/mol. The first-order valence-electron chi connectivity index (χ1n) is 8.99. The van der Waals surface area contributed by atoms with Crippen molar-refractivity contribution in [2.24, 2.45) is 10.2 Å². The van der Waals surface area contributed by atoms with Crippen molar-refractivity contribution in [1.82, 2.24) is 10.2 Å². The van der Waals surface area contributed by atoms with Gasteiger partial charge in [-0.05, 0) is 61.5 Å². The summed E-state index contributed by atoms with van der Waals surface area (Å²) in [6.07, 6.45) is 6.31.